The summed E-state index contributed by atoms with van der Waals surface area (Å²) in [5.74, 6) is -0.0710. The quantitative estimate of drug-likeness (QED) is 0.816. The van der Waals surface area contributed by atoms with Crippen LogP contribution in [-0.2, 0) is 16.0 Å². The maximum absolute atomic E-state index is 12.5. The van der Waals surface area contributed by atoms with Gasteiger partial charge >= 0.3 is 5.97 Å². The lowest BCUT2D eigenvalue weighted by molar-refractivity contribution is -0.155. The van der Waals surface area contributed by atoms with E-state index in [1.165, 1.54) is 0 Å². The number of aryl methyl sites for hydroxylation is 1. The zero-order valence-corrected chi connectivity index (χ0v) is 16.8. The van der Waals surface area contributed by atoms with Gasteiger partial charge in [0, 0.05) is 37.6 Å². The van der Waals surface area contributed by atoms with Crippen LogP contribution >= 0.6 is 0 Å². The highest BCUT2D eigenvalue weighted by molar-refractivity contribution is 5.80. The Labute approximate surface area is 165 Å². The number of likely N-dealkylation sites (tertiary alicyclic amines) is 1. The van der Waals surface area contributed by atoms with Crippen molar-refractivity contribution in [1.82, 2.24) is 10.1 Å². The molecule has 2 heterocycles. The molecule has 1 aromatic carbocycles. The molecular weight excluding hydrogens is 356 g/mol. The Balaban J connectivity index is 1.79. The van der Waals surface area contributed by atoms with Crippen LogP contribution in [0, 0.1) is 18.3 Å². The van der Waals surface area contributed by atoms with Crippen LogP contribution in [0.3, 0.4) is 0 Å². The number of amides is 1. The molecule has 1 saturated heterocycles. The maximum Gasteiger partial charge on any atom is 0.311 e. The minimum Gasteiger partial charge on any atom is -0.481 e. The van der Waals surface area contributed by atoms with E-state index in [0.717, 1.165) is 11.1 Å². The number of piperidine rings is 1. The summed E-state index contributed by atoms with van der Waals surface area (Å²) in [6, 6.07) is 9.75. The second-order valence-corrected chi connectivity index (χ2v) is 8.33. The monoisotopic (exact) mass is 384 g/mol. The van der Waals surface area contributed by atoms with Gasteiger partial charge in [0.1, 0.15) is 11.5 Å². The number of benzene rings is 1. The summed E-state index contributed by atoms with van der Waals surface area (Å²) in [7, 11) is 0. The Morgan fingerprint density at radius 1 is 1.32 bits per heavy atom. The summed E-state index contributed by atoms with van der Waals surface area (Å²) < 4.78 is 5.48. The van der Waals surface area contributed by atoms with E-state index >= 15 is 0 Å². The van der Waals surface area contributed by atoms with E-state index in [0.29, 0.717) is 37.3 Å². The van der Waals surface area contributed by atoms with Crippen LogP contribution in [0.2, 0.25) is 0 Å². The lowest BCUT2D eigenvalue weighted by atomic mass is 9.76. The lowest BCUT2D eigenvalue weighted by Crippen LogP contribution is -2.51. The molecule has 1 atom stereocenters. The molecule has 1 aliphatic rings. The molecule has 0 bridgehead atoms. The SMILES string of the molecule is Cc1cccc(-c2cc(C[C@]3(C(=O)O)CCCN(C(=O)CC(C)C)C3)on2)c1. The van der Waals surface area contributed by atoms with Crippen molar-refractivity contribution in [2.75, 3.05) is 13.1 Å². The normalized spacial score (nSPS) is 19.8. The topological polar surface area (TPSA) is 83.6 Å². The van der Waals surface area contributed by atoms with Crippen molar-refractivity contribution in [2.24, 2.45) is 11.3 Å². The van der Waals surface area contributed by atoms with E-state index < -0.39 is 11.4 Å². The smallest absolute Gasteiger partial charge is 0.311 e. The molecule has 0 saturated carbocycles. The zero-order valence-electron chi connectivity index (χ0n) is 16.8. The minimum atomic E-state index is -1.03. The van der Waals surface area contributed by atoms with Gasteiger partial charge in [-0.05, 0) is 31.7 Å². The second kappa shape index (κ2) is 8.17. The molecule has 0 spiro atoms. The van der Waals surface area contributed by atoms with Crippen molar-refractivity contribution >= 4 is 11.9 Å². The Bertz CT molecular complexity index is 858. The molecule has 6 heteroatoms. The summed E-state index contributed by atoms with van der Waals surface area (Å²) in [6.07, 6.45) is 1.87. The molecule has 0 unspecified atom stereocenters. The molecule has 3 rings (SSSR count). The minimum absolute atomic E-state index is 0.0262. The average Bonchev–Trinajstić information content (AvgIpc) is 3.09. The van der Waals surface area contributed by atoms with Crippen molar-refractivity contribution < 1.29 is 19.2 Å². The number of aliphatic carboxylic acids is 1. The summed E-state index contributed by atoms with van der Waals surface area (Å²) in [5, 5.41) is 14.1. The zero-order chi connectivity index (χ0) is 20.3. The van der Waals surface area contributed by atoms with Gasteiger partial charge in [0.25, 0.3) is 0 Å². The van der Waals surface area contributed by atoms with Gasteiger partial charge in [-0.2, -0.15) is 0 Å². The van der Waals surface area contributed by atoms with Crippen molar-refractivity contribution in [3.63, 3.8) is 0 Å². The van der Waals surface area contributed by atoms with E-state index in [-0.39, 0.29) is 24.8 Å². The third-order valence-corrected chi connectivity index (χ3v) is 5.35. The Morgan fingerprint density at radius 3 is 2.79 bits per heavy atom. The number of aromatic nitrogens is 1. The Hall–Kier alpha value is -2.63. The second-order valence-electron chi connectivity index (χ2n) is 8.33. The fourth-order valence-electron chi connectivity index (χ4n) is 3.89. The molecule has 150 valence electrons. The first-order valence-electron chi connectivity index (χ1n) is 9.83. The maximum atomic E-state index is 12.5. The predicted molar refractivity (Wildman–Crippen MR) is 106 cm³/mol. The average molecular weight is 384 g/mol. The lowest BCUT2D eigenvalue weighted by Gasteiger charge is -2.39. The summed E-state index contributed by atoms with van der Waals surface area (Å²) >= 11 is 0. The largest absolute Gasteiger partial charge is 0.481 e. The predicted octanol–water partition coefficient (Wildman–Crippen LogP) is 3.93. The molecule has 1 fully saturated rings. The summed E-state index contributed by atoms with van der Waals surface area (Å²) in [5.41, 5.74) is 1.73. The van der Waals surface area contributed by atoms with Crippen LogP contribution in [0.25, 0.3) is 11.3 Å². The van der Waals surface area contributed by atoms with Crippen LogP contribution in [0.4, 0.5) is 0 Å². The van der Waals surface area contributed by atoms with Crippen LogP contribution in [-0.4, -0.2) is 40.1 Å². The number of carboxylic acids is 1. The number of rotatable bonds is 6. The molecule has 2 aromatic rings. The Kier molecular flexibility index (Phi) is 5.87. The van der Waals surface area contributed by atoms with Gasteiger partial charge in [-0.15, -0.1) is 0 Å². The fraction of sp³-hybridized carbons (Fsp3) is 0.500. The van der Waals surface area contributed by atoms with Crippen LogP contribution in [0.15, 0.2) is 34.9 Å². The van der Waals surface area contributed by atoms with E-state index in [1.807, 2.05) is 51.1 Å². The number of carboxylic acid groups (broad SMARTS) is 1. The molecule has 1 aliphatic heterocycles. The number of hydrogen-bond acceptors (Lipinski definition) is 4. The fourth-order valence-corrected chi connectivity index (χ4v) is 3.89. The number of nitrogens with zero attached hydrogens (tertiary/aromatic N) is 2. The van der Waals surface area contributed by atoms with Gasteiger partial charge in [-0.1, -0.05) is 42.8 Å². The van der Waals surface area contributed by atoms with E-state index in [4.69, 9.17) is 4.52 Å². The van der Waals surface area contributed by atoms with Crippen LogP contribution in [0.5, 0.6) is 0 Å². The highest BCUT2D eigenvalue weighted by atomic mass is 16.5. The van der Waals surface area contributed by atoms with Crippen molar-refractivity contribution in [3.8, 4) is 11.3 Å². The molecule has 0 radical (unpaired) electrons. The summed E-state index contributed by atoms with van der Waals surface area (Å²) in [4.78, 5) is 26.4. The van der Waals surface area contributed by atoms with Gasteiger partial charge in [-0.3, -0.25) is 9.59 Å². The molecule has 0 aliphatic carbocycles. The highest BCUT2D eigenvalue weighted by Crippen LogP contribution is 2.35. The van der Waals surface area contributed by atoms with E-state index in [9.17, 15) is 14.7 Å². The van der Waals surface area contributed by atoms with Gasteiger partial charge in [0.2, 0.25) is 5.91 Å². The van der Waals surface area contributed by atoms with Gasteiger partial charge in [0.05, 0.1) is 5.41 Å². The first-order chi connectivity index (χ1) is 13.3. The molecule has 6 nitrogen and oxygen atoms in total. The number of carbonyl (C=O) groups excluding carboxylic acids is 1. The van der Waals surface area contributed by atoms with Gasteiger partial charge in [-0.25, -0.2) is 0 Å². The van der Waals surface area contributed by atoms with Crippen molar-refractivity contribution in [3.05, 3.63) is 41.7 Å². The highest BCUT2D eigenvalue weighted by Gasteiger charge is 2.44. The van der Waals surface area contributed by atoms with Crippen molar-refractivity contribution in [1.29, 1.82) is 0 Å². The summed E-state index contributed by atoms with van der Waals surface area (Å²) in [6.45, 7) is 6.83. The molecular formula is C22H28N2O4. The third-order valence-electron chi connectivity index (χ3n) is 5.35. The molecule has 1 N–H and O–H groups in total. The van der Waals surface area contributed by atoms with E-state index in [1.54, 1.807) is 4.90 Å². The van der Waals surface area contributed by atoms with Crippen LogP contribution < -0.4 is 0 Å². The number of hydrogen-bond donors (Lipinski definition) is 1. The van der Waals surface area contributed by atoms with Gasteiger partial charge in [0.15, 0.2) is 0 Å². The first kappa shape index (κ1) is 20.1. The van der Waals surface area contributed by atoms with Gasteiger partial charge < -0.3 is 14.5 Å². The molecule has 1 amide bonds. The molecule has 1 aromatic heterocycles. The standard InChI is InChI=1S/C22H28N2O4/c1-15(2)10-20(25)24-9-5-8-22(14-24,21(26)27)13-18-12-19(23-28-18)17-7-4-6-16(3)11-17/h4,6-7,11-12,15H,5,8-10,13-14H2,1-3H3,(H,26,27)/t22-/m1/s1. The first-order valence-corrected chi connectivity index (χ1v) is 9.83. The third kappa shape index (κ3) is 4.43. The van der Waals surface area contributed by atoms with E-state index in [2.05, 4.69) is 5.16 Å². The van der Waals surface area contributed by atoms with Crippen LogP contribution in [0.1, 0.15) is 44.4 Å². The van der Waals surface area contributed by atoms with Crippen molar-refractivity contribution in [2.45, 2.75) is 46.5 Å². The molecule has 28 heavy (non-hydrogen) atoms. The Morgan fingerprint density at radius 2 is 2.11 bits per heavy atom. The number of carbonyl (C=O) groups is 2.